The molecule has 0 saturated carbocycles. The van der Waals surface area contributed by atoms with Crippen molar-refractivity contribution in [3.05, 3.63) is 60.4 Å². The van der Waals surface area contributed by atoms with E-state index in [-0.39, 0.29) is 5.69 Å². The van der Waals surface area contributed by atoms with E-state index in [1.165, 1.54) is 24.5 Å². The molecule has 0 unspecified atom stereocenters. The van der Waals surface area contributed by atoms with Crippen molar-refractivity contribution < 1.29 is 18.7 Å². The number of halogens is 1. The van der Waals surface area contributed by atoms with Gasteiger partial charge in [-0.05, 0) is 29.8 Å². The lowest BCUT2D eigenvalue weighted by atomic mass is 10.1. The first-order chi connectivity index (χ1) is 13.1. The third kappa shape index (κ3) is 3.50. The first kappa shape index (κ1) is 16.8. The third-order valence-corrected chi connectivity index (χ3v) is 4.02. The van der Waals surface area contributed by atoms with Gasteiger partial charge in [0.2, 0.25) is 5.95 Å². The van der Waals surface area contributed by atoms with Gasteiger partial charge < -0.3 is 20.5 Å². The summed E-state index contributed by atoms with van der Waals surface area (Å²) in [5.74, 6) is -0.0240. The number of amides is 1. The van der Waals surface area contributed by atoms with Gasteiger partial charge in [0.05, 0.1) is 17.6 Å². The summed E-state index contributed by atoms with van der Waals surface area (Å²) in [5.41, 5.74) is 8.39. The highest BCUT2D eigenvalue weighted by Crippen LogP contribution is 2.30. The second kappa shape index (κ2) is 6.91. The lowest BCUT2D eigenvalue weighted by Crippen LogP contribution is -2.18. The van der Waals surface area contributed by atoms with Crippen LogP contribution in [0.2, 0.25) is 0 Å². The molecule has 0 fully saturated rings. The second-order valence-corrected chi connectivity index (χ2v) is 5.84. The maximum absolute atomic E-state index is 13.0. The van der Waals surface area contributed by atoms with Crippen LogP contribution in [0, 0.1) is 5.95 Å². The smallest absolute Gasteiger partial charge is 0.274 e. The van der Waals surface area contributed by atoms with E-state index in [2.05, 4.69) is 15.3 Å². The molecule has 1 aliphatic rings. The standard InChI is InChI=1S/C19H15FN4O3/c20-18-4-2-12(9-23-18)11-1-3-13(21)14(7-11)24-19(25)15-8-16-17(10-22-15)27-6-5-26-16/h1-4,7-10H,5-6,21H2,(H,24,25). The van der Waals surface area contributed by atoms with Gasteiger partial charge in [-0.15, -0.1) is 0 Å². The predicted octanol–water partition coefficient (Wildman–Crippen LogP) is 2.89. The zero-order valence-electron chi connectivity index (χ0n) is 14.1. The lowest BCUT2D eigenvalue weighted by molar-refractivity contribution is 0.102. The Morgan fingerprint density at radius 2 is 1.78 bits per heavy atom. The molecule has 0 bridgehead atoms. The van der Waals surface area contributed by atoms with E-state index in [4.69, 9.17) is 15.2 Å². The summed E-state index contributed by atoms with van der Waals surface area (Å²) in [6.07, 6.45) is 2.86. The zero-order chi connectivity index (χ0) is 18.8. The fourth-order valence-corrected chi connectivity index (χ4v) is 2.65. The van der Waals surface area contributed by atoms with Gasteiger partial charge >= 0.3 is 0 Å². The minimum absolute atomic E-state index is 0.174. The second-order valence-electron chi connectivity index (χ2n) is 5.84. The molecule has 3 N–H and O–H groups in total. The summed E-state index contributed by atoms with van der Waals surface area (Å²) in [4.78, 5) is 20.3. The van der Waals surface area contributed by atoms with E-state index >= 15 is 0 Å². The van der Waals surface area contributed by atoms with Crippen molar-refractivity contribution in [2.45, 2.75) is 0 Å². The van der Waals surface area contributed by atoms with E-state index < -0.39 is 11.9 Å². The van der Waals surface area contributed by atoms with Crippen molar-refractivity contribution in [1.29, 1.82) is 0 Å². The molecule has 0 spiro atoms. The fourth-order valence-electron chi connectivity index (χ4n) is 2.65. The van der Waals surface area contributed by atoms with Gasteiger partial charge in [-0.1, -0.05) is 6.07 Å². The molecule has 1 aromatic carbocycles. The SMILES string of the molecule is Nc1ccc(-c2ccc(F)nc2)cc1NC(=O)c1cc2c(cn1)OCCO2. The van der Waals surface area contributed by atoms with Crippen LogP contribution in [0.1, 0.15) is 10.5 Å². The molecule has 3 aromatic rings. The summed E-state index contributed by atoms with van der Waals surface area (Å²) in [6.45, 7) is 0.862. The van der Waals surface area contributed by atoms with Crippen molar-refractivity contribution in [2.24, 2.45) is 0 Å². The van der Waals surface area contributed by atoms with Gasteiger partial charge in [-0.3, -0.25) is 4.79 Å². The van der Waals surface area contributed by atoms with Crippen molar-refractivity contribution in [3.8, 4) is 22.6 Å². The number of hydrogen-bond acceptors (Lipinski definition) is 6. The Labute approximate surface area is 154 Å². The molecule has 7 nitrogen and oxygen atoms in total. The quantitative estimate of drug-likeness (QED) is 0.546. The molecule has 8 heteroatoms. The zero-order valence-corrected chi connectivity index (χ0v) is 14.1. The third-order valence-electron chi connectivity index (χ3n) is 4.02. The molecule has 1 aliphatic heterocycles. The molecule has 0 saturated heterocycles. The number of pyridine rings is 2. The highest BCUT2D eigenvalue weighted by Gasteiger charge is 2.17. The number of benzene rings is 1. The van der Waals surface area contributed by atoms with Crippen LogP contribution in [0.15, 0.2) is 48.8 Å². The number of nitrogens with one attached hydrogen (secondary N) is 1. The number of hydrogen-bond donors (Lipinski definition) is 2. The summed E-state index contributed by atoms with van der Waals surface area (Å²) < 4.78 is 23.9. The van der Waals surface area contributed by atoms with Crippen LogP contribution in [0.3, 0.4) is 0 Å². The Bertz CT molecular complexity index is 1010. The topological polar surface area (TPSA) is 99.4 Å². The van der Waals surface area contributed by atoms with Gasteiger partial charge in [-0.2, -0.15) is 4.39 Å². The van der Waals surface area contributed by atoms with Gasteiger partial charge in [0.25, 0.3) is 5.91 Å². The van der Waals surface area contributed by atoms with Crippen LogP contribution in [-0.4, -0.2) is 29.1 Å². The van der Waals surface area contributed by atoms with E-state index in [1.54, 1.807) is 24.3 Å². The number of rotatable bonds is 3. The number of carbonyl (C=O) groups excluding carboxylic acids is 1. The molecule has 2 aromatic heterocycles. The average Bonchev–Trinajstić information content (AvgIpc) is 2.70. The molecule has 0 radical (unpaired) electrons. The summed E-state index contributed by atoms with van der Waals surface area (Å²) in [6, 6.07) is 9.51. The van der Waals surface area contributed by atoms with Crippen LogP contribution in [0.5, 0.6) is 11.5 Å². The monoisotopic (exact) mass is 366 g/mol. The molecule has 27 heavy (non-hydrogen) atoms. The van der Waals surface area contributed by atoms with E-state index in [0.29, 0.717) is 41.7 Å². The maximum atomic E-state index is 13.0. The Kier molecular flexibility index (Phi) is 4.29. The average molecular weight is 366 g/mol. The summed E-state index contributed by atoms with van der Waals surface area (Å²) >= 11 is 0. The van der Waals surface area contributed by atoms with E-state index in [9.17, 15) is 9.18 Å². The van der Waals surface area contributed by atoms with Crippen molar-refractivity contribution in [2.75, 3.05) is 24.3 Å². The first-order valence-corrected chi connectivity index (χ1v) is 8.18. The van der Waals surface area contributed by atoms with E-state index in [1.807, 2.05) is 0 Å². The van der Waals surface area contributed by atoms with Crippen molar-refractivity contribution >= 4 is 17.3 Å². The molecular formula is C19H15FN4O3. The number of nitrogens with zero attached hydrogens (tertiary/aromatic N) is 2. The molecule has 136 valence electrons. The number of anilines is 2. The molecular weight excluding hydrogens is 351 g/mol. The van der Waals surface area contributed by atoms with Crippen LogP contribution in [0.4, 0.5) is 15.8 Å². The highest BCUT2D eigenvalue weighted by molar-refractivity contribution is 6.05. The summed E-state index contributed by atoms with van der Waals surface area (Å²) in [7, 11) is 0. The molecule has 0 atom stereocenters. The number of nitrogens with two attached hydrogens (primary N) is 1. The first-order valence-electron chi connectivity index (χ1n) is 8.18. The number of nitrogen functional groups attached to an aromatic ring is 1. The van der Waals surface area contributed by atoms with Crippen LogP contribution in [-0.2, 0) is 0 Å². The normalized spacial score (nSPS) is 12.5. The van der Waals surface area contributed by atoms with Gasteiger partial charge in [0.15, 0.2) is 11.5 Å². The van der Waals surface area contributed by atoms with E-state index in [0.717, 1.165) is 5.56 Å². The largest absolute Gasteiger partial charge is 0.486 e. The fraction of sp³-hybridized carbons (Fsp3) is 0.105. The predicted molar refractivity (Wildman–Crippen MR) is 97.2 cm³/mol. The minimum Gasteiger partial charge on any atom is -0.486 e. The number of aromatic nitrogens is 2. The van der Waals surface area contributed by atoms with Gasteiger partial charge in [0.1, 0.15) is 18.9 Å². The Balaban J connectivity index is 1.59. The Hall–Kier alpha value is -3.68. The summed E-state index contributed by atoms with van der Waals surface area (Å²) in [5, 5.41) is 2.74. The highest BCUT2D eigenvalue weighted by atomic mass is 19.1. The van der Waals surface area contributed by atoms with Gasteiger partial charge in [0, 0.05) is 17.8 Å². The Morgan fingerprint density at radius 3 is 2.56 bits per heavy atom. The molecule has 3 heterocycles. The molecule has 0 aliphatic carbocycles. The number of ether oxygens (including phenoxy) is 2. The molecule has 1 amide bonds. The minimum atomic E-state index is -0.563. The lowest BCUT2D eigenvalue weighted by Gasteiger charge is -2.18. The van der Waals surface area contributed by atoms with Crippen LogP contribution < -0.4 is 20.5 Å². The number of carbonyl (C=O) groups is 1. The van der Waals surface area contributed by atoms with Gasteiger partial charge in [-0.25, -0.2) is 9.97 Å². The Morgan fingerprint density at radius 1 is 1.00 bits per heavy atom. The number of fused-ring (bicyclic) bond motifs is 1. The maximum Gasteiger partial charge on any atom is 0.274 e. The van der Waals surface area contributed by atoms with Crippen LogP contribution in [0.25, 0.3) is 11.1 Å². The van der Waals surface area contributed by atoms with Crippen LogP contribution >= 0.6 is 0 Å². The molecule has 4 rings (SSSR count). The van der Waals surface area contributed by atoms with Crippen molar-refractivity contribution in [3.63, 3.8) is 0 Å². The van der Waals surface area contributed by atoms with Crippen molar-refractivity contribution in [1.82, 2.24) is 9.97 Å².